The van der Waals surface area contributed by atoms with Crippen molar-refractivity contribution < 1.29 is 8.42 Å². The Morgan fingerprint density at radius 3 is 2.14 bits per heavy atom. The van der Waals surface area contributed by atoms with Crippen molar-refractivity contribution >= 4 is 26.7 Å². The lowest BCUT2D eigenvalue weighted by Crippen LogP contribution is -2.49. The van der Waals surface area contributed by atoms with E-state index in [9.17, 15) is 23.7 Å². The van der Waals surface area contributed by atoms with Crippen molar-refractivity contribution in [2.24, 2.45) is 0 Å². The van der Waals surface area contributed by atoms with Gasteiger partial charge in [-0.2, -0.15) is 14.8 Å². The fourth-order valence-corrected chi connectivity index (χ4v) is 4.99. The molecule has 9 nitrogen and oxygen atoms in total. The summed E-state index contributed by atoms with van der Waals surface area (Å²) in [5, 5.41) is 18.7. The Bertz CT molecular complexity index is 1300. The van der Waals surface area contributed by atoms with E-state index in [0.29, 0.717) is 40.9 Å². The van der Waals surface area contributed by atoms with Crippen molar-refractivity contribution in [3.8, 4) is 12.1 Å². The number of nitrogens with zero attached hydrogens (tertiary/aromatic N) is 4. The molecule has 1 aromatic heterocycles. The van der Waals surface area contributed by atoms with Gasteiger partial charge in [-0.1, -0.05) is 6.07 Å². The molecule has 0 spiro atoms. The molecule has 10 heteroatoms. The van der Waals surface area contributed by atoms with Crippen molar-refractivity contribution in [1.29, 1.82) is 10.5 Å². The van der Waals surface area contributed by atoms with Crippen LogP contribution in [0.2, 0.25) is 0 Å². The van der Waals surface area contributed by atoms with Crippen molar-refractivity contribution in [2.45, 2.75) is 4.90 Å². The first-order chi connectivity index (χ1) is 13.9. The minimum atomic E-state index is -3.74. The standard InChI is InChI=1S/C19H16N6O3S/c20-11-13-2-1-3-14(12-21)18(13)24-6-8-25(9-7-24)29(27,28)15-4-5-16-17(10-15)23-19(26)22-16/h1-5,10H,6-9H2,(H2,22,23,26). The van der Waals surface area contributed by atoms with Gasteiger partial charge >= 0.3 is 5.69 Å². The summed E-state index contributed by atoms with van der Waals surface area (Å²) < 4.78 is 27.4. The second-order valence-electron chi connectivity index (χ2n) is 6.60. The number of aromatic nitrogens is 2. The Morgan fingerprint density at radius 2 is 1.52 bits per heavy atom. The summed E-state index contributed by atoms with van der Waals surface area (Å²) in [6.07, 6.45) is 0. The highest BCUT2D eigenvalue weighted by molar-refractivity contribution is 7.89. The molecule has 1 aliphatic rings. The fourth-order valence-electron chi connectivity index (χ4n) is 3.54. The van der Waals surface area contributed by atoms with E-state index in [1.807, 2.05) is 4.90 Å². The zero-order chi connectivity index (χ0) is 20.6. The molecule has 3 aromatic rings. The van der Waals surface area contributed by atoms with Crippen molar-refractivity contribution in [1.82, 2.24) is 14.3 Å². The predicted molar refractivity (Wildman–Crippen MR) is 106 cm³/mol. The lowest BCUT2D eigenvalue weighted by atomic mass is 10.1. The molecule has 1 fully saturated rings. The quantitative estimate of drug-likeness (QED) is 0.666. The van der Waals surface area contributed by atoms with Crippen LogP contribution in [-0.4, -0.2) is 48.9 Å². The molecule has 0 amide bonds. The van der Waals surface area contributed by atoms with Gasteiger partial charge in [-0.05, 0) is 30.3 Å². The van der Waals surface area contributed by atoms with E-state index in [-0.39, 0.29) is 18.0 Å². The third-order valence-corrected chi connectivity index (χ3v) is 6.85. The highest BCUT2D eigenvalue weighted by Gasteiger charge is 2.30. The lowest BCUT2D eigenvalue weighted by Gasteiger charge is -2.36. The molecule has 2 aromatic carbocycles. The molecular formula is C19H16N6O3S. The monoisotopic (exact) mass is 408 g/mol. The van der Waals surface area contributed by atoms with Crippen LogP contribution in [0.25, 0.3) is 11.0 Å². The number of benzene rings is 2. The number of aromatic amines is 2. The van der Waals surface area contributed by atoms with Crippen molar-refractivity contribution in [3.05, 3.63) is 58.0 Å². The van der Waals surface area contributed by atoms with Gasteiger partial charge in [0.2, 0.25) is 10.0 Å². The number of imidazole rings is 1. The molecule has 2 heterocycles. The summed E-state index contributed by atoms with van der Waals surface area (Å²) in [5.41, 5.74) is 1.89. The lowest BCUT2D eigenvalue weighted by molar-refractivity contribution is 0.385. The number of rotatable bonds is 3. The summed E-state index contributed by atoms with van der Waals surface area (Å²) >= 11 is 0. The van der Waals surface area contributed by atoms with E-state index in [4.69, 9.17) is 0 Å². The average molecular weight is 408 g/mol. The molecule has 2 N–H and O–H groups in total. The third-order valence-electron chi connectivity index (χ3n) is 4.96. The normalized spacial score (nSPS) is 15.2. The van der Waals surface area contributed by atoms with E-state index in [2.05, 4.69) is 22.1 Å². The van der Waals surface area contributed by atoms with Gasteiger partial charge < -0.3 is 14.9 Å². The van der Waals surface area contributed by atoms with Gasteiger partial charge in [0, 0.05) is 26.2 Å². The molecule has 29 heavy (non-hydrogen) atoms. The SMILES string of the molecule is N#Cc1cccc(C#N)c1N1CCN(S(=O)(=O)c2ccc3[nH]c(=O)[nH]c3c2)CC1. The Morgan fingerprint density at radius 1 is 0.897 bits per heavy atom. The van der Waals surface area contributed by atoms with E-state index >= 15 is 0 Å². The minimum Gasteiger partial charge on any atom is -0.367 e. The maximum absolute atomic E-state index is 13.0. The molecule has 0 saturated carbocycles. The molecule has 0 unspecified atom stereocenters. The van der Waals surface area contributed by atoms with Crippen molar-refractivity contribution in [3.63, 3.8) is 0 Å². The third kappa shape index (κ3) is 3.25. The molecule has 0 radical (unpaired) electrons. The first-order valence-electron chi connectivity index (χ1n) is 8.84. The zero-order valence-corrected chi connectivity index (χ0v) is 16.0. The number of nitrogens with one attached hydrogen (secondary N) is 2. The van der Waals surface area contributed by atoms with Crippen LogP contribution in [0.15, 0.2) is 46.1 Å². The smallest absolute Gasteiger partial charge is 0.323 e. The van der Waals surface area contributed by atoms with Crippen LogP contribution in [-0.2, 0) is 10.0 Å². The van der Waals surface area contributed by atoms with E-state index in [1.54, 1.807) is 24.3 Å². The summed E-state index contributed by atoms with van der Waals surface area (Å²) in [4.78, 5) is 18.5. The van der Waals surface area contributed by atoms with E-state index < -0.39 is 15.7 Å². The van der Waals surface area contributed by atoms with Crippen LogP contribution in [0.5, 0.6) is 0 Å². The van der Waals surface area contributed by atoms with Crippen LogP contribution < -0.4 is 10.6 Å². The first-order valence-corrected chi connectivity index (χ1v) is 10.3. The number of para-hydroxylation sites is 1. The number of hydrogen-bond acceptors (Lipinski definition) is 6. The van der Waals surface area contributed by atoms with Crippen LogP contribution in [0.1, 0.15) is 11.1 Å². The largest absolute Gasteiger partial charge is 0.367 e. The number of nitriles is 2. The Hall–Kier alpha value is -3.60. The molecule has 0 bridgehead atoms. The highest BCUT2D eigenvalue weighted by atomic mass is 32.2. The van der Waals surface area contributed by atoms with E-state index in [0.717, 1.165) is 0 Å². The minimum absolute atomic E-state index is 0.101. The van der Waals surface area contributed by atoms with Gasteiger partial charge in [-0.25, -0.2) is 13.2 Å². The number of anilines is 1. The van der Waals surface area contributed by atoms with Gasteiger partial charge in [0.05, 0.1) is 32.7 Å². The second kappa shape index (κ2) is 7.09. The fraction of sp³-hybridized carbons (Fsp3) is 0.211. The first kappa shape index (κ1) is 18.7. The average Bonchev–Trinajstić information content (AvgIpc) is 3.12. The van der Waals surface area contributed by atoms with Crippen molar-refractivity contribution in [2.75, 3.05) is 31.1 Å². The predicted octanol–water partition coefficient (Wildman–Crippen LogP) is 1.11. The van der Waals surface area contributed by atoms with Gasteiger partial charge in [-0.15, -0.1) is 0 Å². The molecule has 146 valence electrons. The summed E-state index contributed by atoms with van der Waals surface area (Å²) in [6.45, 7) is 1.15. The van der Waals surface area contributed by atoms with Crippen LogP contribution in [0.3, 0.4) is 0 Å². The summed E-state index contributed by atoms with van der Waals surface area (Å²) in [6, 6.07) is 13.6. The molecule has 1 saturated heterocycles. The summed E-state index contributed by atoms with van der Waals surface area (Å²) in [7, 11) is -3.74. The Labute approximate surface area is 166 Å². The molecule has 0 atom stereocenters. The molecule has 4 rings (SSSR count). The van der Waals surface area contributed by atoms with Gasteiger partial charge in [0.1, 0.15) is 12.1 Å². The second-order valence-corrected chi connectivity index (χ2v) is 8.54. The van der Waals surface area contributed by atoms with Crippen LogP contribution in [0, 0.1) is 22.7 Å². The highest BCUT2D eigenvalue weighted by Crippen LogP contribution is 2.27. The number of sulfonamides is 1. The summed E-state index contributed by atoms with van der Waals surface area (Å²) in [5.74, 6) is 0. The van der Waals surface area contributed by atoms with Gasteiger partial charge in [0.25, 0.3) is 0 Å². The number of piperazine rings is 1. The zero-order valence-electron chi connectivity index (χ0n) is 15.2. The Balaban J connectivity index is 1.59. The number of hydrogen-bond donors (Lipinski definition) is 2. The molecule has 0 aliphatic carbocycles. The topological polar surface area (TPSA) is 137 Å². The Kier molecular flexibility index (Phi) is 4.59. The van der Waals surface area contributed by atoms with Crippen LogP contribution in [0.4, 0.5) is 5.69 Å². The maximum Gasteiger partial charge on any atom is 0.323 e. The van der Waals surface area contributed by atoms with Crippen LogP contribution >= 0.6 is 0 Å². The van der Waals surface area contributed by atoms with E-state index in [1.165, 1.54) is 16.4 Å². The number of fused-ring (bicyclic) bond motifs is 1. The van der Waals surface area contributed by atoms with Gasteiger partial charge in [-0.3, -0.25) is 0 Å². The maximum atomic E-state index is 13.0. The number of H-pyrrole nitrogens is 2. The molecule has 1 aliphatic heterocycles. The van der Waals surface area contributed by atoms with Gasteiger partial charge in [0.15, 0.2) is 0 Å². The molecular weight excluding hydrogens is 392 g/mol.